The molecule has 0 spiro atoms. The Balaban J connectivity index is 1.91. The van der Waals surface area contributed by atoms with Crippen molar-refractivity contribution in [3.05, 3.63) is 46.2 Å². The van der Waals surface area contributed by atoms with Crippen LogP contribution in [-0.4, -0.2) is 26.2 Å². The van der Waals surface area contributed by atoms with Gasteiger partial charge in [-0.2, -0.15) is 8.78 Å². The molecular formula is C15H15F2NO3S. The van der Waals surface area contributed by atoms with Crippen molar-refractivity contribution in [2.45, 2.75) is 13.0 Å². The Morgan fingerprint density at radius 1 is 1.32 bits per heavy atom. The molecule has 2 rings (SSSR count). The summed E-state index contributed by atoms with van der Waals surface area (Å²) in [4.78, 5) is 12.4. The average molecular weight is 327 g/mol. The van der Waals surface area contributed by atoms with Crippen molar-refractivity contribution in [2.24, 2.45) is 0 Å². The van der Waals surface area contributed by atoms with Gasteiger partial charge >= 0.3 is 6.61 Å². The number of carbonyl (C=O) groups is 1. The first kappa shape index (κ1) is 16.2. The molecule has 0 atom stereocenters. The molecule has 118 valence electrons. The molecule has 0 fully saturated rings. The minimum Gasteiger partial charge on any atom is -0.493 e. The summed E-state index contributed by atoms with van der Waals surface area (Å²) >= 11 is 1.37. The predicted molar refractivity (Wildman–Crippen MR) is 80.0 cm³/mol. The number of carbonyl (C=O) groups excluding carboxylic acids is 1. The minimum atomic E-state index is -2.90. The number of thiophene rings is 1. The minimum absolute atomic E-state index is 0.0103. The monoisotopic (exact) mass is 327 g/mol. The van der Waals surface area contributed by atoms with Gasteiger partial charge in [-0.1, -0.05) is 12.1 Å². The second-order valence-electron chi connectivity index (χ2n) is 4.35. The summed E-state index contributed by atoms with van der Waals surface area (Å²) in [5.41, 5.74) is 0.852. The van der Waals surface area contributed by atoms with Gasteiger partial charge in [-0.15, -0.1) is 11.3 Å². The Morgan fingerprint density at radius 2 is 2.14 bits per heavy atom. The third-order valence-corrected chi connectivity index (χ3v) is 3.76. The average Bonchev–Trinajstić information content (AvgIpc) is 3.02. The predicted octanol–water partition coefficient (Wildman–Crippen LogP) is 3.33. The summed E-state index contributed by atoms with van der Waals surface area (Å²) in [6, 6.07) is 8.28. The highest BCUT2D eigenvalue weighted by molar-refractivity contribution is 7.12. The van der Waals surface area contributed by atoms with E-state index < -0.39 is 6.61 Å². The number of rotatable bonds is 7. The summed E-state index contributed by atoms with van der Waals surface area (Å²) in [6.45, 7) is -2.46. The summed E-state index contributed by atoms with van der Waals surface area (Å²) < 4.78 is 33.9. The number of nitrogens with one attached hydrogen (secondary N) is 1. The van der Waals surface area contributed by atoms with E-state index >= 15 is 0 Å². The van der Waals surface area contributed by atoms with Crippen LogP contribution in [0, 0.1) is 0 Å². The van der Waals surface area contributed by atoms with Crippen molar-refractivity contribution in [3.8, 4) is 11.5 Å². The van der Waals surface area contributed by atoms with E-state index in [1.54, 1.807) is 18.2 Å². The van der Waals surface area contributed by atoms with E-state index in [0.717, 1.165) is 5.56 Å². The quantitative estimate of drug-likeness (QED) is 0.848. The van der Waals surface area contributed by atoms with Gasteiger partial charge in [0.25, 0.3) is 5.91 Å². The molecule has 0 radical (unpaired) electrons. The van der Waals surface area contributed by atoms with E-state index in [9.17, 15) is 13.6 Å². The fraction of sp³-hybridized carbons (Fsp3) is 0.267. The fourth-order valence-corrected chi connectivity index (χ4v) is 2.52. The molecule has 1 aromatic carbocycles. The van der Waals surface area contributed by atoms with Gasteiger partial charge in [-0.05, 0) is 35.6 Å². The molecule has 4 nitrogen and oxygen atoms in total. The number of hydrogen-bond donors (Lipinski definition) is 1. The maximum atomic E-state index is 12.2. The molecule has 1 N–H and O–H groups in total. The van der Waals surface area contributed by atoms with Gasteiger partial charge < -0.3 is 14.8 Å². The van der Waals surface area contributed by atoms with Crippen LogP contribution < -0.4 is 14.8 Å². The highest BCUT2D eigenvalue weighted by Crippen LogP contribution is 2.29. The van der Waals surface area contributed by atoms with Crippen molar-refractivity contribution in [1.82, 2.24) is 5.32 Å². The van der Waals surface area contributed by atoms with Gasteiger partial charge in [-0.25, -0.2) is 0 Å². The summed E-state index contributed by atoms with van der Waals surface area (Å²) in [5.74, 6) is 0.103. The van der Waals surface area contributed by atoms with Gasteiger partial charge in [-0.3, -0.25) is 4.79 Å². The second kappa shape index (κ2) is 7.74. The van der Waals surface area contributed by atoms with E-state index in [2.05, 4.69) is 10.1 Å². The Bertz CT molecular complexity index is 617. The van der Waals surface area contributed by atoms with Gasteiger partial charge in [0.1, 0.15) is 0 Å². The summed E-state index contributed by atoms with van der Waals surface area (Å²) in [7, 11) is 1.38. The zero-order valence-corrected chi connectivity index (χ0v) is 12.7. The number of benzene rings is 1. The van der Waals surface area contributed by atoms with Crippen LogP contribution in [0.2, 0.25) is 0 Å². The Morgan fingerprint density at radius 3 is 2.77 bits per heavy atom. The number of ether oxygens (including phenoxy) is 2. The van der Waals surface area contributed by atoms with E-state index in [0.29, 0.717) is 17.8 Å². The molecule has 1 heterocycles. The van der Waals surface area contributed by atoms with E-state index in [4.69, 9.17) is 4.74 Å². The molecule has 0 unspecified atom stereocenters. The molecule has 0 saturated carbocycles. The van der Waals surface area contributed by atoms with Crippen LogP contribution in [0.25, 0.3) is 0 Å². The molecule has 1 aromatic heterocycles. The van der Waals surface area contributed by atoms with Crippen LogP contribution in [0.1, 0.15) is 15.2 Å². The van der Waals surface area contributed by atoms with Gasteiger partial charge in [0.2, 0.25) is 0 Å². The molecule has 7 heteroatoms. The third-order valence-electron chi connectivity index (χ3n) is 2.89. The maximum Gasteiger partial charge on any atom is 0.387 e. The van der Waals surface area contributed by atoms with Crippen molar-refractivity contribution >= 4 is 17.2 Å². The summed E-state index contributed by atoms with van der Waals surface area (Å²) in [6.07, 6.45) is 0.558. The van der Waals surface area contributed by atoms with Crippen LogP contribution in [0.5, 0.6) is 11.5 Å². The molecule has 0 aliphatic carbocycles. The standard InChI is InChI=1S/C15H15F2NO3S/c1-20-12-9-10(4-5-11(12)21-15(16)17)6-7-18-14(19)13-3-2-8-22-13/h2-5,8-9,15H,6-7H2,1H3,(H,18,19). The maximum absolute atomic E-state index is 12.2. The first-order chi connectivity index (χ1) is 10.6. The van der Waals surface area contributed by atoms with Crippen LogP contribution in [-0.2, 0) is 6.42 Å². The van der Waals surface area contributed by atoms with Crippen molar-refractivity contribution in [3.63, 3.8) is 0 Å². The highest BCUT2D eigenvalue weighted by Gasteiger charge is 2.11. The topological polar surface area (TPSA) is 47.6 Å². The van der Waals surface area contributed by atoms with Crippen LogP contribution in [0.4, 0.5) is 8.78 Å². The highest BCUT2D eigenvalue weighted by atomic mass is 32.1. The van der Waals surface area contributed by atoms with Crippen molar-refractivity contribution in [2.75, 3.05) is 13.7 Å². The molecule has 0 aliphatic rings. The Kier molecular flexibility index (Phi) is 5.71. The molecule has 0 saturated heterocycles. The first-order valence-electron chi connectivity index (χ1n) is 6.53. The lowest BCUT2D eigenvalue weighted by atomic mass is 10.1. The fourth-order valence-electron chi connectivity index (χ4n) is 1.88. The molecular weight excluding hydrogens is 312 g/mol. The SMILES string of the molecule is COc1cc(CCNC(=O)c2cccs2)ccc1OC(F)F. The Hall–Kier alpha value is -2.15. The van der Waals surface area contributed by atoms with E-state index in [1.165, 1.54) is 24.5 Å². The van der Waals surface area contributed by atoms with E-state index in [1.807, 2.05) is 11.4 Å². The summed E-state index contributed by atoms with van der Waals surface area (Å²) in [5, 5.41) is 4.63. The first-order valence-corrected chi connectivity index (χ1v) is 7.41. The zero-order valence-electron chi connectivity index (χ0n) is 11.8. The van der Waals surface area contributed by atoms with Crippen LogP contribution in [0.3, 0.4) is 0 Å². The molecule has 2 aromatic rings. The van der Waals surface area contributed by atoms with Crippen LogP contribution in [0.15, 0.2) is 35.7 Å². The van der Waals surface area contributed by atoms with Gasteiger partial charge in [0.05, 0.1) is 12.0 Å². The van der Waals surface area contributed by atoms with Crippen LogP contribution >= 0.6 is 11.3 Å². The van der Waals surface area contributed by atoms with Gasteiger partial charge in [0.15, 0.2) is 11.5 Å². The smallest absolute Gasteiger partial charge is 0.387 e. The molecule has 0 bridgehead atoms. The largest absolute Gasteiger partial charge is 0.493 e. The Labute approximate surface area is 130 Å². The molecule has 0 aliphatic heterocycles. The lowest BCUT2D eigenvalue weighted by Crippen LogP contribution is -2.24. The van der Waals surface area contributed by atoms with Gasteiger partial charge in [0, 0.05) is 6.54 Å². The lowest BCUT2D eigenvalue weighted by molar-refractivity contribution is -0.0512. The number of halogens is 2. The number of amides is 1. The second-order valence-corrected chi connectivity index (χ2v) is 5.29. The molecule has 1 amide bonds. The normalized spacial score (nSPS) is 10.5. The third kappa shape index (κ3) is 4.42. The molecule has 22 heavy (non-hydrogen) atoms. The number of methoxy groups -OCH3 is 1. The number of hydrogen-bond acceptors (Lipinski definition) is 4. The van der Waals surface area contributed by atoms with Crippen molar-refractivity contribution < 1.29 is 23.0 Å². The lowest BCUT2D eigenvalue weighted by Gasteiger charge is -2.11. The van der Waals surface area contributed by atoms with Crippen molar-refractivity contribution in [1.29, 1.82) is 0 Å². The number of alkyl halides is 2. The zero-order chi connectivity index (χ0) is 15.9. The van der Waals surface area contributed by atoms with E-state index in [-0.39, 0.29) is 17.4 Å².